The Morgan fingerprint density at radius 3 is 1.86 bits per heavy atom. The molecule has 0 aliphatic carbocycles. The first-order valence-electron chi connectivity index (χ1n) is 6.54. The van der Waals surface area contributed by atoms with E-state index in [0.717, 1.165) is 11.1 Å². The summed E-state index contributed by atoms with van der Waals surface area (Å²) in [6, 6.07) is 10.4. The Hall–Kier alpha value is -0.800. The highest BCUT2D eigenvalue weighted by Crippen LogP contribution is 2.27. The van der Waals surface area contributed by atoms with Crippen LogP contribution in [0.4, 0.5) is 4.39 Å². The summed E-state index contributed by atoms with van der Waals surface area (Å²) in [6.45, 7) is 4.03. The number of rotatable bonds is 4. The van der Waals surface area contributed by atoms with Crippen molar-refractivity contribution in [2.24, 2.45) is 0 Å². The maximum atomic E-state index is 13.2. The minimum atomic E-state index is -0.412. The van der Waals surface area contributed by atoms with E-state index in [0.29, 0.717) is 10.0 Å². The number of hydrogen-bond donors (Lipinski definition) is 1. The molecule has 0 aliphatic heterocycles. The van der Waals surface area contributed by atoms with Gasteiger partial charge >= 0.3 is 0 Å². The van der Waals surface area contributed by atoms with Gasteiger partial charge in [-0.3, -0.25) is 0 Å². The lowest BCUT2D eigenvalue weighted by molar-refractivity contribution is 0.494. The van der Waals surface area contributed by atoms with Crippen molar-refractivity contribution in [3.63, 3.8) is 0 Å². The Morgan fingerprint density at radius 1 is 0.810 bits per heavy atom. The van der Waals surface area contributed by atoms with Crippen molar-refractivity contribution in [3.05, 3.63) is 68.4 Å². The summed E-state index contributed by atoms with van der Waals surface area (Å²) in [4.78, 5) is 0. The van der Waals surface area contributed by atoms with Gasteiger partial charge in [0.1, 0.15) is 5.82 Å². The molecule has 5 heteroatoms. The molecule has 2 rings (SSSR count). The fourth-order valence-electron chi connectivity index (χ4n) is 2.13. The van der Waals surface area contributed by atoms with Crippen LogP contribution in [0, 0.1) is 5.82 Å². The molecule has 0 saturated carbocycles. The zero-order valence-corrected chi connectivity index (χ0v) is 13.9. The van der Waals surface area contributed by atoms with Gasteiger partial charge in [-0.2, -0.15) is 0 Å². The number of hydrogen-bond acceptors (Lipinski definition) is 1. The molecule has 0 heterocycles. The third-order valence-corrected chi connectivity index (χ3v) is 4.42. The van der Waals surface area contributed by atoms with Crippen molar-refractivity contribution in [1.29, 1.82) is 0 Å². The fraction of sp³-hybridized carbons (Fsp3) is 0.250. The third kappa shape index (κ3) is 4.10. The van der Waals surface area contributed by atoms with Crippen LogP contribution < -0.4 is 5.32 Å². The maximum Gasteiger partial charge on any atom is 0.141 e. The van der Waals surface area contributed by atoms with Crippen LogP contribution in [0.5, 0.6) is 0 Å². The predicted octanol–water partition coefficient (Wildman–Crippen LogP) is 6.20. The molecule has 0 saturated heterocycles. The Balaban J connectivity index is 2.12. The normalized spacial score (nSPS) is 14.0. The topological polar surface area (TPSA) is 12.0 Å². The summed E-state index contributed by atoms with van der Waals surface area (Å²) >= 11 is 17.8. The van der Waals surface area contributed by atoms with Gasteiger partial charge in [0.25, 0.3) is 0 Å². The van der Waals surface area contributed by atoms with E-state index < -0.39 is 5.82 Å². The molecule has 0 radical (unpaired) electrons. The summed E-state index contributed by atoms with van der Waals surface area (Å²) < 4.78 is 13.2. The summed E-state index contributed by atoms with van der Waals surface area (Å²) in [5.74, 6) is -0.412. The zero-order chi connectivity index (χ0) is 15.6. The van der Waals surface area contributed by atoms with Crippen molar-refractivity contribution >= 4 is 34.8 Å². The zero-order valence-electron chi connectivity index (χ0n) is 11.6. The summed E-state index contributed by atoms with van der Waals surface area (Å²) in [7, 11) is 0. The number of benzene rings is 2. The van der Waals surface area contributed by atoms with Crippen LogP contribution in [0.3, 0.4) is 0 Å². The molecule has 0 fully saturated rings. The van der Waals surface area contributed by atoms with Crippen LogP contribution in [0.15, 0.2) is 36.4 Å². The Labute approximate surface area is 139 Å². The van der Waals surface area contributed by atoms with E-state index in [4.69, 9.17) is 34.8 Å². The molecule has 21 heavy (non-hydrogen) atoms. The molecule has 0 bridgehead atoms. The van der Waals surface area contributed by atoms with E-state index in [1.165, 1.54) is 6.07 Å². The van der Waals surface area contributed by atoms with Crippen LogP contribution in [-0.4, -0.2) is 0 Å². The minimum absolute atomic E-state index is 0.0209. The molecule has 0 amide bonds. The van der Waals surface area contributed by atoms with Gasteiger partial charge in [0.05, 0.1) is 15.1 Å². The predicted molar refractivity (Wildman–Crippen MR) is 87.8 cm³/mol. The summed E-state index contributed by atoms with van der Waals surface area (Å²) in [5.41, 5.74) is 1.96. The molecular weight excluding hydrogens is 332 g/mol. The molecule has 0 aliphatic rings. The molecule has 1 nitrogen and oxygen atoms in total. The Bertz CT molecular complexity index is 590. The van der Waals surface area contributed by atoms with Crippen molar-refractivity contribution in [1.82, 2.24) is 5.32 Å². The van der Waals surface area contributed by atoms with Gasteiger partial charge in [-0.15, -0.1) is 0 Å². The lowest BCUT2D eigenvalue weighted by atomic mass is 10.0. The first kappa shape index (κ1) is 16.6. The smallest absolute Gasteiger partial charge is 0.141 e. The van der Waals surface area contributed by atoms with E-state index in [9.17, 15) is 4.39 Å². The SMILES string of the molecule is CC(NC(C)c1ccc(Cl)c(Cl)c1)c1ccc(F)c(Cl)c1. The van der Waals surface area contributed by atoms with Crippen LogP contribution in [0.25, 0.3) is 0 Å². The highest BCUT2D eigenvalue weighted by molar-refractivity contribution is 6.42. The van der Waals surface area contributed by atoms with Crippen molar-refractivity contribution in [3.8, 4) is 0 Å². The Morgan fingerprint density at radius 2 is 1.33 bits per heavy atom. The van der Waals surface area contributed by atoms with Crippen molar-refractivity contribution in [2.75, 3.05) is 0 Å². The number of nitrogens with one attached hydrogen (secondary N) is 1. The van der Waals surface area contributed by atoms with Gasteiger partial charge in [-0.05, 0) is 49.2 Å². The van der Waals surface area contributed by atoms with Crippen LogP contribution >= 0.6 is 34.8 Å². The molecule has 112 valence electrons. The summed E-state index contributed by atoms with van der Waals surface area (Å²) in [6.07, 6.45) is 0. The van der Waals surface area contributed by atoms with Crippen molar-refractivity contribution < 1.29 is 4.39 Å². The first-order chi connectivity index (χ1) is 9.88. The lowest BCUT2D eigenvalue weighted by Crippen LogP contribution is -2.22. The first-order valence-corrected chi connectivity index (χ1v) is 7.68. The summed E-state index contributed by atoms with van der Waals surface area (Å²) in [5, 5.41) is 4.61. The van der Waals surface area contributed by atoms with Gasteiger partial charge in [-0.1, -0.05) is 46.9 Å². The van der Waals surface area contributed by atoms with E-state index in [1.807, 2.05) is 26.0 Å². The van der Waals surface area contributed by atoms with Gasteiger partial charge < -0.3 is 5.32 Å². The largest absolute Gasteiger partial charge is 0.304 e. The molecule has 2 atom stereocenters. The maximum absolute atomic E-state index is 13.2. The quantitative estimate of drug-likeness (QED) is 0.695. The highest BCUT2D eigenvalue weighted by atomic mass is 35.5. The standard InChI is InChI=1S/C16H15Cl3FN/c1-9(11-3-5-13(17)14(18)7-11)21-10(2)12-4-6-16(20)15(19)8-12/h3-10,21H,1-2H3. The monoisotopic (exact) mass is 345 g/mol. The van der Waals surface area contributed by atoms with Crippen LogP contribution in [0.2, 0.25) is 15.1 Å². The van der Waals surface area contributed by atoms with E-state index in [2.05, 4.69) is 5.32 Å². The molecule has 2 unspecified atom stereocenters. The second-order valence-corrected chi connectivity index (χ2v) is 6.18. The number of halogens is 4. The average Bonchev–Trinajstić information content (AvgIpc) is 2.44. The third-order valence-electron chi connectivity index (χ3n) is 3.39. The van der Waals surface area contributed by atoms with E-state index in [1.54, 1.807) is 18.2 Å². The van der Waals surface area contributed by atoms with Gasteiger partial charge in [0, 0.05) is 12.1 Å². The molecule has 2 aromatic rings. The fourth-order valence-corrected chi connectivity index (χ4v) is 2.63. The molecular formula is C16H15Cl3FN. The minimum Gasteiger partial charge on any atom is -0.304 e. The second-order valence-electron chi connectivity index (χ2n) is 4.96. The molecule has 1 N–H and O–H groups in total. The van der Waals surface area contributed by atoms with E-state index >= 15 is 0 Å². The van der Waals surface area contributed by atoms with Gasteiger partial charge in [-0.25, -0.2) is 4.39 Å². The Kier molecular flexibility index (Phi) is 5.50. The highest BCUT2D eigenvalue weighted by Gasteiger charge is 2.13. The molecule has 0 spiro atoms. The molecule has 0 aromatic heterocycles. The lowest BCUT2D eigenvalue weighted by Gasteiger charge is -2.21. The van der Waals surface area contributed by atoms with Crippen LogP contribution in [-0.2, 0) is 0 Å². The van der Waals surface area contributed by atoms with E-state index in [-0.39, 0.29) is 17.1 Å². The van der Waals surface area contributed by atoms with Gasteiger partial charge in [0.15, 0.2) is 0 Å². The van der Waals surface area contributed by atoms with Crippen molar-refractivity contribution in [2.45, 2.75) is 25.9 Å². The molecule has 2 aromatic carbocycles. The van der Waals surface area contributed by atoms with Gasteiger partial charge in [0.2, 0.25) is 0 Å². The average molecular weight is 347 g/mol. The van der Waals surface area contributed by atoms with Crippen LogP contribution in [0.1, 0.15) is 37.1 Å². The second kappa shape index (κ2) is 6.97.